The Morgan fingerprint density at radius 1 is 1.45 bits per heavy atom. The molecule has 0 aromatic rings. The number of hydrogen-bond donors (Lipinski definition) is 0. The molecule has 2 aliphatic rings. The fourth-order valence-electron chi connectivity index (χ4n) is 3.02. The maximum atomic E-state index is 2.50. The zero-order chi connectivity index (χ0) is 7.84. The van der Waals surface area contributed by atoms with Gasteiger partial charge in [0.05, 0.1) is 0 Å². The van der Waals surface area contributed by atoms with Crippen molar-refractivity contribution in [2.24, 2.45) is 5.92 Å². The van der Waals surface area contributed by atoms with Crippen molar-refractivity contribution in [1.29, 1.82) is 0 Å². The standard InChI is InChI=1S/C10H17B/c1-8-7-9(2)11-6-4-3-5-10(8)11/h7-8,10H,3-6H2,1-2H3/t8-,10?/m0/s1. The van der Waals surface area contributed by atoms with Gasteiger partial charge in [0, 0.05) is 0 Å². The highest BCUT2D eigenvalue weighted by Gasteiger charge is 2.36. The Morgan fingerprint density at radius 3 is 3.00 bits per heavy atom. The van der Waals surface area contributed by atoms with E-state index in [9.17, 15) is 0 Å². The lowest BCUT2D eigenvalue weighted by Gasteiger charge is -2.26. The summed E-state index contributed by atoms with van der Waals surface area (Å²) in [5.41, 5.74) is 1.68. The molecule has 2 atom stereocenters. The molecule has 1 saturated heterocycles. The molecule has 1 heteroatoms. The fourth-order valence-corrected chi connectivity index (χ4v) is 3.02. The molecular formula is C10H17B. The minimum atomic E-state index is 0.875. The molecule has 11 heavy (non-hydrogen) atoms. The molecule has 0 spiro atoms. The SMILES string of the molecule is CC1=C[C@H](C)C2CCCCB12. The van der Waals surface area contributed by atoms with Gasteiger partial charge < -0.3 is 0 Å². The highest BCUT2D eigenvalue weighted by Crippen LogP contribution is 2.43. The van der Waals surface area contributed by atoms with Gasteiger partial charge in [0.1, 0.15) is 0 Å². The van der Waals surface area contributed by atoms with Crippen LogP contribution in [0.3, 0.4) is 0 Å². The first-order valence-electron chi connectivity index (χ1n) is 4.97. The lowest BCUT2D eigenvalue weighted by Crippen LogP contribution is -2.24. The summed E-state index contributed by atoms with van der Waals surface area (Å²) in [5, 5.41) is 0. The van der Waals surface area contributed by atoms with E-state index in [4.69, 9.17) is 0 Å². The van der Waals surface area contributed by atoms with Crippen molar-refractivity contribution in [3.63, 3.8) is 0 Å². The molecule has 2 heterocycles. The van der Waals surface area contributed by atoms with Gasteiger partial charge >= 0.3 is 0 Å². The van der Waals surface area contributed by atoms with E-state index in [0.29, 0.717) is 0 Å². The highest BCUT2D eigenvalue weighted by molar-refractivity contribution is 6.69. The molecule has 0 aromatic heterocycles. The van der Waals surface area contributed by atoms with E-state index in [1.165, 1.54) is 25.6 Å². The van der Waals surface area contributed by atoms with Crippen LogP contribution in [0.5, 0.6) is 0 Å². The molecule has 0 bridgehead atoms. The van der Waals surface area contributed by atoms with Crippen LogP contribution < -0.4 is 0 Å². The van der Waals surface area contributed by atoms with Crippen LogP contribution in [0.15, 0.2) is 11.5 Å². The van der Waals surface area contributed by atoms with E-state index < -0.39 is 0 Å². The predicted molar refractivity (Wildman–Crippen MR) is 51.1 cm³/mol. The number of fused-ring (bicyclic) bond motifs is 1. The summed E-state index contributed by atoms with van der Waals surface area (Å²) < 4.78 is 0. The molecule has 1 fully saturated rings. The van der Waals surface area contributed by atoms with Crippen molar-refractivity contribution in [3.05, 3.63) is 11.5 Å². The predicted octanol–water partition coefficient (Wildman–Crippen LogP) is 3.17. The third-order valence-electron chi connectivity index (χ3n) is 3.61. The van der Waals surface area contributed by atoms with Gasteiger partial charge in [-0.05, 0) is 5.92 Å². The molecule has 0 radical (unpaired) electrons. The van der Waals surface area contributed by atoms with Crippen molar-refractivity contribution in [2.75, 3.05) is 0 Å². The lowest BCUT2D eigenvalue weighted by molar-refractivity contribution is 0.550. The van der Waals surface area contributed by atoms with Crippen LogP contribution in [-0.4, -0.2) is 6.71 Å². The third-order valence-corrected chi connectivity index (χ3v) is 3.61. The Kier molecular flexibility index (Phi) is 1.82. The van der Waals surface area contributed by atoms with E-state index in [1.807, 2.05) is 0 Å². The van der Waals surface area contributed by atoms with Crippen molar-refractivity contribution in [2.45, 2.75) is 45.2 Å². The topological polar surface area (TPSA) is 0 Å². The van der Waals surface area contributed by atoms with Crippen LogP contribution >= 0.6 is 0 Å². The number of allylic oxidation sites excluding steroid dienone is 2. The largest absolute Gasteiger partial charge is 0.173 e. The summed E-state index contributed by atoms with van der Waals surface area (Å²) >= 11 is 0. The molecule has 0 aliphatic carbocycles. The Balaban J connectivity index is 2.14. The molecule has 1 unspecified atom stereocenters. The molecule has 2 aliphatic heterocycles. The normalized spacial score (nSPS) is 36.9. The molecule has 0 nitrogen and oxygen atoms in total. The van der Waals surface area contributed by atoms with Crippen LogP contribution in [0.25, 0.3) is 0 Å². The number of hydrogen-bond acceptors (Lipinski definition) is 0. The molecular weight excluding hydrogens is 131 g/mol. The zero-order valence-electron chi connectivity index (χ0n) is 7.64. The van der Waals surface area contributed by atoms with Crippen LogP contribution in [0, 0.1) is 5.92 Å². The van der Waals surface area contributed by atoms with Crippen molar-refractivity contribution in [1.82, 2.24) is 0 Å². The van der Waals surface area contributed by atoms with Crippen LogP contribution in [0.1, 0.15) is 33.1 Å². The summed E-state index contributed by atoms with van der Waals surface area (Å²) in [4.78, 5) is 0. The Labute approximate surface area is 70.1 Å². The Bertz CT molecular complexity index is 183. The summed E-state index contributed by atoms with van der Waals surface area (Å²) in [6.45, 7) is 5.69. The second-order valence-electron chi connectivity index (χ2n) is 4.32. The maximum absolute atomic E-state index is 2.50. The van der Waals surface area contributed by atoms with Gasteiger partial charge in [-0.3, -0.25) is 0 Å². The van der Waals surface area contributed by atoms with Gasteiger partial charge in [0.15, 0.2) is 6.71 Å². The third kappa shape index (κ3) is 1.15. The summed E-state index contributed by atoms with van der Waals surface area (Å²) in [5.74, 6) is 1.89. The lowest BCUT2D eigenvalue weighted by atomic mass is 9.34. The van der Waals surface area contributed by atoms with Gasteiger partial charge in [-0.25, -0.2) is 0 Å². The van der Waals surface area contributed by atoms with E-state index >= 15 is 0 Å². The van der Waals surface area contributed by atoms with Crippen molar-refractivity contribution >= 4 is 6.71 Å². The zero-order valence-corrected chi connectivity index (χ0v) is 7.64. The van der Waals surface area contributed by atoms with Crippen molar-refractivity contribution < 1.29 is 0 Å². The summed E-state index contributed by atoms with van der Waals surface area (Å²) in [6.07, 6.45) is 8.41. The molecule has 0 aromatic carbocycles. The average molecular weight is 148 g/mol. The second-order valence-corrected chi connectivity index (χ2v) is 4.32. The Hall–Kier alpha value is -0.195. The van der Waals surface area contributed by atoms with E-state index in [0.717, 1.165) is 18.4 Å². The highest BCUT2D eigenvalue weighted by atomic mass is 14.2. The summed E-state index contributed by atoms with van der Waals surface area (Å²) in [6, 6.07) is 0. The average Bonchev–Trinajstić information content (AvgIpc) is 2.30. The van der Waals surface area contributed by atoms with Crippen LogP contribution in [0.2, 0.25) is 12.1 Å². The Morgan fingerprint density at radius 2 is 2.27 bits per heavy atom. The van der Waals surface area contributed by atoms with E-state index in [-0.39, 0.29) is 0 Å². The first-order valence-corrected chi connectivity index (χ1v) is 4.97. The molecule has 0 amide bonds. The molecule has 0 saturated carbocycles. The maximum Gasteiger partial charge on any atom is 0.173 e. The van der Waals surface area contributed by atoms with Crippen molar-refractivity contribution in [3.8, 4) is 0 Å². The minimum Gasteiger partial charge on any atom is -0.107 e. The van der Waals surface area contributed by atoms with Crippen LogP contribution in [-0.2, 0) is 0 Å². The molecule has 2 rings (SSSR count). The van der Waals surface area contributed by atoms with Gasteiger partial charge in [0.25, 0.3) is 0 Å². The van der Waals surface area contributed by atoms with Gasteiger partial charge in [0.2, 0.25) is 0 Å². The monoisotopic (exact) mass is 148 g/mol. The fraction of sp³-hybridized carbons (Fsp3) is 0.800. The summed E-state index contributed by atoms with van der Waals surface area (Å²) in [7, 11) is 0. The van der Waals surface area contributed by atoms with Gasteiger partial charge in [-0.1, -0.05) is 51.3 Å². The second kappa shape index (κ2) is 2.69. The first-order chi connectivity index (χ1) is 5.29. The number of rotatable bonds is 0. The molecule has 0 N–H and O–H groups in total. The quantitative estimate of drug-likeness (QED) is 0.463. The first kappa shape index (κ1) is 7.45. The van der Waals surface area contributed by atoms with Gasteiger partial charge in [-0.2, -0.15) is 0 Å². The van der Waals surface area contributed by atoms with Crippen LogP contribution in [0.4, 0.5) is 0 Å². The van der Waals surface area contributed by atoms with E-state index in [2.05, 4.69) is 19.9 Å². The molecule has 60 valence electrons. The van der Waals surface area contributed by atoms with E-state index in [1.54, 1.807) is 5.47 Å². The van der Waals surface area contributed by atoms with Gasteiger partial charge in [-0.15, -0.1) is 5.47 Å². The smallest absolute Gasteiger partial charge is 0.107 e. The minimum absolute atomic E-state index is 0.875.